The van der Waals surface area contributed by atoms with Gasteiger partial charge in [0, 0.05) is 40.7 Å². The fraction of sp³-hybridized carbons (Fsp3) is 0.212. The minimum Gasteiger partial charge on any atom is -0.458 e. The fourth-order valence-electron chi connectivity index (χ4n) is 7.96. The lowest BCUT2D eigenvalue weighted by Crippen LogP contribution is -2.31. The second-order valence-corrected chi connectivity index (χ2v) is 17.9. The summed E-state index contributed by atoms with van der Waals surface area (Å²) < 4.78 is 13.1. The molecule has 0 fully saturated rings. The minimum absolute atomic E-state index is 0.0145. The van der Waals surface area contributed by atoms with Gasteiger partial charge in [0.1, 0.15) is 17.3 Å². The van der Waals surface area contributed by atoms with Crippen molar-refractivity contribution < 1.29 is 9.30 Å². The first-order valence-electron chi connectivity index (χ1n) is 20.1. The zero-order chi connectivity index (χ0) is 40.4. The van der Waals surface area contributed by atoms with Gasteiger partial charge in [-0.1, -0.05) is 134 Å². The molecule has 0 aliphatic carbocycles. The summed E-state index contributed by atoms with van der Waals surface area (Å²) in [5, 5.41) is 2.30. The summed E-state index contributed by atoms with van der Waals surface area (Å²) in [7, 11) is 0. The van der Waals surface area contributed by atoms with Crippen molar-refractivity contribution in [2.75, 3.05) is 0 Å². The Labute approximate surface area is 341 Å². The average Bonchev–Trinajstić information content (AvgIpc) is 3.77. The molecule has 0 saturated heterocycles. The molecule has 0 saturated carbocycles. The molecular formula is C52H49N5O. The molecule has 58 heavy (non-hydrogen) atoms. The first kappa shape index (κ1) is 37.1. The maximum atomic E-state index is 6.67. The van der Waals surface area contributed by atoms with Crippen molar-refractivity contribution in [2.45, 2.75) is 71.6 Å². The second-order valence-electron chi connectivity index (χ2n) is 17.9. The Balaban J connectivity index is 1.11. The largest absolute Gasteiger partial charge is 0.458 e. The lowest BCUT2D eigenvalue weighted by Gasteiger charge is -2.26. The highest BCUT2D eigenvalue weighted by atomic mass is 16.5. The van der Waals surface area contributed by atoms with E-state index >= 15 is 0 Å². The maximum Gasteiger partial charge on any atom is 0.271 e. The van der Waals surface area contributed by atoms with E-state index in [1.54, 1.807) is 6.20 Å². The molecular weight excluding hydrogens is 711 g/mol. The van der Waals surface area contributed by atoms with Crippen molar-refractivity contribution in [3.05, 3.63) is 181 Å². The predicted molar refractivity (Wildman–Crippen MR) is 236 cm³/mol. The third kappa shape index (κ3) is 6.62. The molecule has 5 aromatic carbocycles. The zero-order valence-corrected chi connectivity index (χ0v) is 34.6. The molecule has 0 unspecified atom stereocenters. The summed E-state index contributed by atoms with van der Waals surface area (Å²) in [6, 6.07) is 49.0. The van der Waals surface area contributed by atoms with Crippen molar-refractivity contribution in [2.24, 2.45) is 0 Å². The number of ether oxygens (including phenoxy) is 1. The third-order valence-corrected chi connectivity index (χ3v) is 11.5. The van der Waals surface area contributed by atoms with Gasteiger partial charge in [0.2, 0.25) is 0 Å². The van der Waals surface area contributed by atoms with Crippen LogP contribution in [-0.4, -0.2) is 19.1 Å². The molecule has 0 radical (unpaired) electrons. The topological polar surface area (TPSA) is 48.8 Å². The van der Waals surface area contributed by atoms with Crippen molar-refractivity contribution in [1.82, 2.24) is 19.1 Å². The van der Waals surface area contributed by atoms with Gasteiger partial charge < -0.3 is 4.74 Å². The molecule has 0 N–H and O–H groups in total. The highest BCUT2D eigenvalue weighted by Crippen LogP contribution is 2.38. The van der Waals surface area contributed by atoms with Gasteiger partial charge in [-0.15, -0.1) is 0 Å². The molecule has 4 heterocycles. The number of nitrogens with zero attached hydrogens (tertiary/aromatic N) is 5. The fourth-order valence-corrected chi connectivity index (χ4v) is 7.96. The lowest BCUT2D eigenvalue weighted by atomic mass is 9.78. The highest BCUT2D eigenvalue weighted by molar-refractivity contribution is 6.09. The van der Waals surface area contributed by atoms with Crippen LogP contribution in [0, 0.1) is 6.33 Å². The molecule has 6 heteroatoms. The molecule has 288 valence electrons. The van der Waals surface area contributed by atoms with E-state index in [0.717, 1.165) is 50.1 Å². The van der Waals surface area contributed by atoms with E-state index in [1.807, 2.05) is 29.0 Å². The number of hydrogen-bond donors (Lipinski definition) is 0. The Kier molecular flexibility index (Phi) is 8.85. The van der Waals surface area contributed by atoms with Crippen LogP contribution in [0.4, 0.5) is 0 Å². The lowest BCUT2D eigenvalue weighted by molar-refractivity contribution is -0.572. The van der Waals surface area contributed by atoms with E-state index in [0.29, 0.717) is 11.6 Å². The van der Waals surface area contributed by atoms with Crippen molar-refractivity contribution in [3.8, 4) is 28.8 Å². The van der Waals surface area contributed by atoms with Crippen LogP contribution in [0.15, 0.2) is 152 Å². The molecule has 0 amide bonds. The van der Waals surface area contributed by atoms with Gasteiger partial charge in [0.15, 0.2) is 5.82 Å². The molecule has 6 nitrogen and oxygen atoms in total. The monoisotopic (exact) mass is 759 g/mol. The number of para-hydroxylation sites is 3. The number of pyridine rings is 2. The smallest absolute Gasteiger partial charge is 0.271 e. The predicted octanol–water partition coefficient (Wildman–Crippen LogP) is 12.3. The van der Waals surface area contributed by atoms with Gasteiger partial charge in [-0.25, -0.2) is 4.98 Å². The standard InChI is InChI=1S/C52H49N5O/c1-50(2,3)37-28-38(51(4,5)6)30-39(29-37)55-34-56(46-21-15-14-20-45(46)55)48-33-41(25-27-53-48)58-40-22-23-43-42-18-12-13-19-44(42)57(47(43)32-40)49-31-36(24-26-54-49)52(7,8)35-16-10-9-11-17-35/h9-33H,1-8H3. The van der Waals surface area contributed by atoms with Crippen LogP contribution < -0.4 is 9.30 Å². The van der Waals surface area contributed by atoms with E-state index in [-0.39, 0.29) is 16.2 Å². The molecule has 0 atom stereocenters. The Morgan fingerprint density at radius 3 is 1.86 bits per heavy atom. The Hall–Kier alpha value is -6.53. The quantitative estimate of drug-likeness (QED) is 0.120. The first-order chi connectivity index (χ1) is 27.8. The summed E-state index contributed by atoms with van der Waals surface area (Å²) >= 11 is 0. The molecule has 0 aliphatic heterocycles. The molecule has 9 aromatic rings. The molecule has 0 spiro atoms. The van der Waals surface area contributed by atoms with Crippen LogP contribution in [0.3, 0.4) is 0 Å². The van der Waals surface area contributed by atoms with Gasteiger partial charge >= 0.3 is 0 Å². The van der Waals surface area contributed by atoms with Gasteiger partial charge in [0.25, 0.3) is 6.33 Å². The van der Waals surface area contributed by atoms with E-state index in [4.69, 9.17) is 14.7 Å². The first-order valence-corrected chi connectivity index (χ1v) is 20.1. The average molecular weight is 760 g/mol. The second kappa shape index (κ2) is 13.8. The van der Waals surface area contributed by atoms with E-state index < -0.39 is 0 Å². The number of aromatic nitrogens is 5. The molecule has 0 aliphatic rings. The van der Waals surface area contributed by atoms with Crippen LogP contribution in [-0.2, 0) is 16.2 Å². The van der Waals surface area contributed by atoms with Crippen molar-refractivity contribution >= 4 is 32.8 Å². The number of fused-ring (bicyclic) bond motifs is 4. The summed E-state index contributed by atoms with van der Waals surface area (Å²) in [4.78, 5) is 9.77. The molecule has 4 aromatic heterocycles. The van der Waals surface area contributed by atoms with Crippen LogP contribution in [0.25, 0.3) is 50.2 Å². The minimum atomic E-state index is -0.210. The van der Waals surface area contributed by atoms with E-state index in [9.17, 15) is 0 Å². The SMILES string of the molecule is CC(C)(C)c1cc(-[n+]2[c-]n(-c3cc(Oc4ccc5c6ccccc6n(-c6cc(C(C)(C)c7ccccc7)ccn6)c5c4)ccn3)c3ccccc32)cc(C(C)(C)C)c1. The Morgan fingerprint density at radius 1 is 0.500 bits per heavy atom. The van der Waals surface area contributed by atoms with Gasteiger partial charge in [-0.3, -0.25) is 18.7 Å². The Bertz CT molecular complexity index is 2940. The number of hydrogen-bond acceptors (Lipinski definition) is 3. The summed E-state index contributed by atoms with van der Waals surface area (Å²) in [5.41, 5.74) is 10.0. The summed E-state index contributed by atoms with van der Waals surface area (Å²) in [6.07, 6.45) is 7.39. The highest BCUT2D eigenvalue weighted by Gasteiger charge is 2.25. The van der Waals surface area contributed by atoms with Crippen molar-refractivity contribution in [1.29, 1.82) is 0 Å². The summed E-state index contributed by atoms with van der Waals surface area (Å²) in [5.74, 6) is 2.98. The number of rotatable bonds is 7. The Morgan fingerprint density at radius 2 is 1.12 bits per heavy atom. The van der Waals surface area contributed by atoms with Crippen LogP contribution in [0.1, 0.15) is 77.6 Å². The third-order valence-electron chi connectivity index (χ3n) is 11.5. The normalized spacial score (nSPS) is 12.5. The van der Waals surface area contributed by atoms with E-state index in [1.165, 1.54) is 22.3 Å². The zero-order valence-electron chi connectivity index (χ0n) is 34.6. The summed E-state index contributed by atoms with van der Waals surface area (Å²) in [6.45, 7) is 18.1. The molecule has 9 rings (SSSR count). The number of benzene rings is 5. The van der Waals surface area contributed by atoms with Crippen LogP contribution in [0.2, 0.25) is 0 Å². The van der Waals surface area contributed by atoms with Gasteiger partial charge in [0.05, 0.1) is 27.8 Å². The van der Waals surface area contributed by atoms with Crippen LogP contribution >= 0.6 is 0 Å². The van der Waals surface area contributed by atoms with Gasteiger partial charge in [-0.05, 0) is 81.6 Å². The maximum absolute atomic E-state index is 6.67. The van der Waals surface area contributed by atoms with Gasteiger partial charge in [-0.2, -0.15) is 0 Å². The molecule has 0 bridgehead atoms. The van der Waals surface area contributed by atoms with Crippen molar-refractivity contribution in [3.63, 3.8) is 0 Å². The number of imidazole rings is 1. The van der Waals surface area contributed by atoms with Crippen LogP contribution in [0.5, 0.6) is 11.5 Å². The van der Waals surface area contributed by atoms with E-state index in [2.05, 4.69) is 192 Å².